The fourth-order valence-electron chi connectivity index (χ4n) is 5.97. The highest BCUT2D eigenvalue weighted by Crippen LogP contribution is 2.62. The lowest BCUT2D eigenvalue weighted by molar-refractivity contribution is 0.0816. The number of hydrogen-bond donors (Lipinski definition) is 1. The Bertz CT molecular complexity index is 824. The van der Waals surface area contributed by atoms with Crippen molar-refractivity contribution in [1.29, 1.82) is 0 Å². The molecule has 2 saturated carbocycles. The zero-order valence-electron chi connectivity index (χ0n) is 15.3. The number of fused-ring (bicyclic) bond motifs is 5. The van der Waals surface area contributed by atoms with Gasteiger partial charge in [-0.1, -0.05) is 25.0 Å². The first-order chi connectivity index (χ1) is 12.0. The molecule has 1 amide bonds. The summed E-state index contributed by atoms with van der Waals surface area (Å²) in [7, 11) is 0. The van der Waals surface area contributed by atoms with Crippen molar-refractivity contribution in [3.8, 4) is 11.8 Å². The van der Waals surface area contributed by atoms with Gasteiger partial charge in [0, 0.05) is 5.56 Å². The molecule has 0 heterocycles. The Morgan fingerprint density at radius 3 is 2.80 bits per heavy atom. The van der Waals surface area contributed by atoms with Gasteiger partial charge in [0.25, 0.3) is 0 Å². The summed E-state index contributed by atoms with van der Waals surface area (Å²) in [6.07, 6.45) is 7.23. The SMILES string of the molecule is C=C1CCC2C3CCc4cc(C(N)=O)c(C#CC)cc4C3CC[C@]12C. The average molecular weight is 333 g/mol. The van der Waals surface area contributed by atoms with E-state index in [1.807, 2.05) is 13.0 Å². The Hall–Kier alpha value is -2.01. The summed E-state index contributed by atoms with van der Waals surface area (Å²) in [5.41, 5.74) is 11.6. The van der Waals surface area contributed by atoms with Crippen molar-refractivity contribution >= 4 is 5.91 Å². The molecule has 1 aromatic rings. The van der Waals surface area contributed by atoms with Gasteiger partial charge in [-0.3, -0.25) is 4.79 Å². The summed E-state index contributed by atoms with van der Waals surface area (Å²) in [6, 6.07) is 4.20. The Morgan fingerprint density at radius 1 is 1.28 bits per heavy atom. The first-order valence-corrected chi connectivity index (χ1v) is 9.53. The molecule has 0 aromatic heterocycles. The highest BCUT2D eigenvalue weighted by atomic mass is 16.1. The van der Waals surface area contributed by atoms with E-state index in [9.17, 15) is 4.79 Å². The molecule has 4 rings (SSSR count). The van der Waals surface area contributed by atoms with Crippen molar-refractivity contribution in [2.45, 2.75) is 58.3 Å². The molecule has 0 saturated heterocycles. The van der Waals surface area contributed by atoms with Crippen LogP contribution in [0.5, 0.6) is 0 Å². The van der Waals surface area contributed by atoms with Gasteiger partial charge in [-0.05, 0) is 91.9 Å². The molecule has 0 spiro atoms. The third-order valence-corrected chi connectivity index (χ3v) is 7.34. The summed E-state index contributed by atoms with van der Waals surface area (Å²) in [6.45, 7) is 8.65. The number of allylic oxidation sites excluding steroid dienone is 1. The van der Waals surface area contributed by atoms with Crippen LogP contribution in [-0.4, -0.2) is 5.91 Å². The van der Waals surface area contributed by atoms with Gasteiger partial charge in [-0.15, -0.1) is 5.92 Å². The van der Waals surface area contributed by atoms with Crippen LogP contribution in [-0.2, 0) is 6.42 Å². The van der Waals surface area contributed by atoms with Crippen molar-refractivity contribution in [1.82, 2.24) is 0 Å². The van der Waals surface area contributed by atoms with Crippen molar-refractivity contribution < 1.29 is 4.79 Å². The van der Waals surface area contributed by atoms with Gasteiger partial charge >= 0.3 is 0 Å². The van der Waals surface area contributed by atoms with Crippen molar-refractivity contribution in [2.24, 2.45) is 23.0 Å². The van der Waals surface area contributed by atoms with Crippen LogP contribution in [0.25, 0.3) is 0 Å². The topological polar surface area (TPSA) is 43.1 Å². The van der Waals surface area contributed by atoms with E-state index in [0.717, 1.165) is 23.8 Å². The Morgan fingerprint density at radius 2 is 2.08 bits per heavy atom. The van der Waals surface area contributed by atoms with Gasteiger partial charge in [-0.25, -0.2) is 0 Å². The lowest BCUT2D eigenvalue weighted by Gasteiger charge is -2.49. The number of amides is 1. The molecule has 3 unspecified atom stereocenters. The fraction of sp³-hybridized carbons (Fsp3) is 0.522. The van der Waals surface area contributed by atoms with Gasteiger partial charge in [-0.2, -0.15) is 0 Å². The molecular weight excluding hydrogens is 306 g/mol. The minimum absolute atomic E-state index is 0.345. The lowest BCUT2D eigenvalue weighted by Crippen LogP contribution is -2.40. The highest BCUT2D eigenvalue weighted by Gasteiger charge is 2.51. The second kappa shape index (κ2) is 5.77. The lowest BCUT2D eigenvalue weighted by atomic mass is 9.55. The molecule has 3 aliphatic rings. The summed E-state index contributed by atoms with van der Waals surface area (Å²) < 4.78 is 0. The molecule has 0 aliphatic heterocycles. The van der Waals surface area contributed by atoms with Crippen LogP contribution in [0, 0.1) is 29.1 Å². The number of primary amides is 1. The van der Waals surface area contributed by atoms with E-state index < -0.39 is 0 Å². The van der Waals surface area contributed by atoms with Crippen molar-refractivity contribution in [3.63, 3.8) is 0 Å². The molecule has 2 heteroatoms. The van der Waals surface area contributed by atoms with Crippen LogP contribution < -0.4 is 5.73 Å². The quantitative estimate of drug-likeness (QED) is 0.594. The summed E-state index contributed by atoms with van der Waals surface area (Å²) in [5, 5.41) is 0. The zero-order valence-corrected chi connectivity index (χ0v) is 15.3. The van der Waals surface area contributed by atoms with Crippen molar-refractivity contribution in [3.05, 3.63) is 46.5 Å². The maximum Gasteiger partial charge on any atom is 0.249 e. The molecule has 2 nitrogen and oxygen atoms in total. The molecule has 2 fully saturated rings. The molecule has 2 N–H and O–H groups in total. The Kier molecular flexibility index (Phi) is 3.80. The minimum Gasteiger partial charge on any atom is -0.366 e. The highest BCUT2D eigenvalue weighted by molar-refractivity contribution is 5.96. The predicted octanol–water partition coefficient (Wildman–Crippen LogP) is 4.57. The smallest absolute Gasteiger partial charge is 0.249 e. The van der Waals surface area contributed by atoms with Crippen LogP contribution in [0.1, 0.15) is 78.9 Å². The van der Waals surface area contributed by atoms with Gasteiger partial charge in [0.1, 0.15) is 0 Å². The number of carbonyl (C=O) groups excluding carboxylic acids is 1. The number of nitrogens with two attached hydrogens (primary N) is 1. The van der Waals surface area contributed by atoms with Gasteiger partial charge in [0.05, 0.1) is 5.56 Å². The van der Waals surface area contributed by atoms with Crippen LogP contribution in [0.15, 0.2) is 24.3 Å². The third kappa shape index (κ3) is 2.36. The second-order valence-corrected chi connectivity index (χ2v) is 8.35. The van der Waals surface area contributed by atoms with E-state index >= 15 is 0 Å². The van der Waals surface area contributed by atoms with Crippen LogP contribution >= 0.6 is 0 Å². The molecule has 0 radical (unpaired) electrons. The predicted molar refractivity (Wildman–Crippen MR) is 101 cm³/mol. The first-order valence-electron chi connectivity index (χ1n) is 9.53. The molecule has 130 valence electrons. The maximum atomic E-state index is 11.8. The number of hydrogen-bond acceptors (Lipinski definition) is 1. The molecular formula is C23H27NO. The van der Waals surface area contributed by atoms with Gasteiger partial charge < -0.3 is 5.73 Å². The van der Waals surface area contributed by atoms with E-state index in [4.69, 9.17) is 5.73 Å². The Balaban J connectivity index is 1.77. The molecule has 1 aromatic carbocycles. The second-order valence-electron chi connectivity index (χ2n) is 8.35. The largest absolute Gasteiger partial charge is 0.366 e. The van der Waals surface area contributed by atoms with E-state index in [-0.39, 0.29) is 5.91 Å². The van der Waals surface area contributed by atoms with Gasteiger partial charge in [0.15, 0.2) is 0 Å². The monoisotopic (exact) mass is 333 g/mol. The zero-order chi connectivity index (χ0) is 17.8. The van der Waals surface area contributed by atoms with E-state index in [2.05, 4.69) is 31.4 Å². The molecule has 25 heavy (non-hydrogen) atoms. The van der Waals surface area contributed by atoms with Crippen LogP contribution in [0.3, 0.4) is 0 Å². The fourth-order valence-corrected chi connectivity index (χ4v) is 5.97. The molecule has 0 bridgehead atoms. The summed E-state index contributed by atoms with van der Waals surface area (Å²) in [5.74, 6) is 7.78. The van der Waals surface area contributed by atoms with Crippen LogP contribution in [0.2, 0.25) is 0 Å². The number of aryl methyl sites for hydroxylation is 1. The summed E-state index contributed by atoms with van der Waals surface area (Å²) >= 11 is 0. The number of rotatable bonds is 1. The van der Waals surface area contributed by atoms with E-state index in [1.54, 1.807) is 0 Å². The minimum atomic E-state index is -0.369. The van der Waals surface area contributed by atoms with Crippen molar-refractivity contribution in [2.75, 3.05) is 0 Å². The molecule has 4 atom stereocenters. The van der Waals surface area contributed by atoms with E-state index in [1.165, 1.54) is 48.8 Å². The number of carbonyl (C=O) groups is 1. The third-order valence-electron chi connectivity index (χ3n) is 7.34. The van der Waals surface area contributed by atoms with E-state index in [0.29, 0.717) is 16.9 Å². The van der Waals surface area contributed by atoms with Gasteiger partial charge in [0.2, 0.25) is 5.91 Å². The normalized spacial score (nSPS) is 32.9. The Labute approximate surface area is 150 Å². The van der Waals surface area contributed by atoms with Crippen LogP contribution in [0.4, 0.5) is 0 Å². The standard InChI is InChI=1S/C23H27NO/c1-4-5-15-12-19-16(13-20(15)22(24)25)7-8-18-17(19)10-11-23(3)14(2)6-9-21(18)23/h12-13,17-18,21H,2,6-11H2,1,3H3,(H2,24,25)/t17?,18?,21?,23-/m1/s1. The average Bonchev–Trinajstić information content (AvgIpc) is 2.89. The molecule has 3 aliphatic carbocycles. The summed E-state index contributed by atoms with van der Waals surface area (Å²) in [4.78, 5) is 11.8. The number of benzene rings is 1. The maximum absolute atomic E-state index is 11.8. The first kappa shape index (κ1) is 16.5.